The van der Waals surface area contributed by atoms with Crippen molar-refractivity contribution in [3.05, 3.63) is 74.9 Å². The van der Waals surface area contributed by atoms with Gasteiger partial charge in [-0.1, -0.05) is 30.1 Å². The first-order chi connectivity index (χ1) is 16.7. The van der Waals surface area contributed by atoms with E-state index in [1.165, 1.54) is 24.7 Å². The molecule has 5 N–H and O–H groups in total. The minimum Gasteiger partial charge on any atom is -0.486 e. The van der Waals surface area contributed by atoms with Crippen LogP contribution in [0, 0.1) is 28.0 Å². The smallest absolute Gasteiger partial charge is 0.167 e. The highest BCUT2D eigenvalue weighted by Gasteiger charge is 2.39. The molecule has 8 nitrogen and oxygen atoms in total. The molecule has 0 amide bonds. The van der Waals surface area contributed by atoms with Crippen molar-refractivity contribution in [3.63, 3.8) is 0 Å². The average molecular weight is 514 g/mol. The maximum absolute atomic E-state index is 14.6. The number of ether oxygens (including phenoxy) is 1. The van der Waals surface area contributed by atoms with Gasteiger partial charge in [-0.25, -0.2) is 9.37 Å². The molecular formula is C24H22Cl2FN7O. The van der Waals surface area contributed by atoms with Crippen LogP contribution in [0.5, 0.6) is 5.75 Å². The van der Waals surface area contributed by atoms with E-state index in [4.69, 9.17) is 44.8 Å². The van der Waals surface area contributed by atoms with Crippen molar-refractivity contribution in [1.82, 2.24) is 9.97 Å². The number of halogens is 3. The highest BCUT2D eigenvalue weighted by molar-refractivity contribution is 6.35. The molecule has 1 aliphatic heterocycles. The summed E-state index contributed by atoms with van der Waals surface area (Å²) in [7, 11) is 0. The van der Waals surface area contributed by atoms with E-state index in [1.807, 2.05) is 4.90 Å². The van der Waals surface area contributed by atoms with E-state index >= 15 is 0 Å². The van der Waals surface area contributed by atoms with Gasteiger partial charge in [-0.3, -0.25) is 10.4 Å². The van der Waals surface area contributed by atoms with Crippen LogP contribution in [0.2, 0.25) is 10.0 Å². The number of anilines is 2. The molecule has 1 aromatic carbocycles. The summed E-state index contributed by atoms with van der Waals surface area (Å²) in [5, 5.41) is 18.9. The number of nitriles is 1. The van der Waals surface area contributed by atoms with Crippen LogP contribution in [-0.4, -0.2) is 35.3 Å². The van der Waals surface area contributed by atoms with Gasteiger partial charge >= 0.3 is 0 Å². The zero-order valence-corrected chi connectivity index (χ0v) is 20.3. The fraction of sp³-hybridized carbons (Fsp3) is 0.250. The van der Waals surface area contributed by atoms with Crippen molar-refractivity contribution in [3.8, 4) is 11.8 Å². The molecule has 0 saturated carbocycles. The van der Waals surface area contributed by atoms with Crippen LogP contribution >= 0.6 is 23.2 Å². The monoisotopic (exact) mass is 513 g/mol. The summed E-state index contributed by atoms with van der Waals surface area (Å²) in [4.78, 5) is 10.3. The summed E-state index contributed by atoms with van der Waals surface area (Å²) in [6.45, 7) is 3.90. The zero-order chi connectivity index (χ0) is 25.3. The molecule has 11 heteroatoms. The van der Waals surface area contributed by atoms with Gasteiger partial charge in [0.15, 0.2) is 11.6 Å². The fourth-order valence-electron chi connectivity index (χ4n) is 3.86. The number of aromatic nitrogens is 2. The molecular weight excluding hydrogens is 492 g/mol. The number of nitrogens with one attached hydrogen (secondary N) is 1. The van der Waals surface area contributed by atoms with Gasteiger partial charge in [0.05, 0.1) is 21.3 Å². The number of benzene rings is 1. The predicted molar refractivity (Wildman–Crippen MR) is 134 cm³/mol. The van der Waals surface area contributed by atoms with Gasteiger partial charge in [0.2, 0.25) is 0 Å². The lowest BCUT2D eigenvalue weighted by molar-refractivity contribution is 0.253. The van der Waals surface area contributed by atoms with E-state index in [1.54, 1.807) is 6.07 Å². The van der Waals surface area contributed by atoms with Crippen molar-refractivity contribution in [2.75, 3.05) is 30.3 Å². The van der Waals surface area contributed by atoms with E-state index in [2.05, 4.69) is 23.0 Å². The lowest BCUT2D eigenvalue weighted by Crippen LogP contribution is -2.58. The molecule has 0 unspecified atom stereocenters. The van der Waals surface area contributed by atoms with Gasteiger partial charge in [0.25, 0.3) is 0 Å². The third kappa shape index (κ3) is 4.86. The Bertz CT molecular complexity index is 1330. The average Bonchev–Trinajstić information content (AvgIpc) is 2.82. The Morgan fingerprint density at radius 3 is 2.57 bits per heavy atom. The van der Waals surface area contributed by atoms with Gasteiger partial charge in [0.1, 0.15) is 18.5 Å². The Morgan fingerprint density at radius 1 is 1.26 bits per heavy atom. The Morgan fingerprint density at radius 2 is 1.94 bits per heavy atom. The largest absolute Gasteiger partial charge is 0.486 e. The molecule has 0 atom stereocenters. The van der Waals surface area contributed by atoms with E-state index in [9.17, 15) is 9.65 Å². The Kier molecular flexibility index (Phi) is 6.81. The fourth-order valence-corrected chi connectivity index (χ4v) is 4.33. The molecule has 3 heterocycles. The van der Waals surface area contributed by atoms with Crippen molar-refractivity contribution < 1.29 is 9.13 Å². The maximum atomic E-state index is 14.6. The SMILES string of the molecule is CC1(CN)CN(c2ncc(C(=N)c3cc(OCc4c(Cl)cncc4Cl)c(F)cc3N)cc2C#N)C1. The summed E-state index contributed by atoms with van der Waals surface area (Å²) >= 11 is 12.2. The molecule has 2 aromatic heterocycles. The van der Waals surface area contributed by atoms with E-state index in [0.717, 1.165) is 6.07 Å². The third-order valence-electron chi connectivity index (χ3n) is 5.91. The lowest BCUT2D eigenvalue weighted by atomic mass is 9.82. The van der Waals surface area contributed by atoms with Gasteiger partial charge in [-0.15, -0.1) is 0 Å². The third-order valence-corrected chi connectivity index (χ3v) is 6.56. The van der Waals surface area contributed by atoms with Crippen molar-refractivity contribution in [1.29, 1.82) is 10.7 Å². The number of hydrogen-bond donors (Lipinski definition) is 3. The molecule has 0 radical (unpaired) electrons. The minimum absolute atomic E-state index is 0.0105. The lowest BCUT2D eigenvalue weighted by Gasteiger charge is -2.48. The molecule has 0 bridgehead atoms. The first-order valence-corrected chi connectivity index (χ1v) is 11.4. The van der Waals surface area contributed by atoms with Crippen LogP contribution in [0.1, 0.15) is 29.2 Å². The quantitative estimate of drug-likeness (QED) is 0.318. The maximum Gasteiger partial charge on any atom is 0.167 e. The second kappa shape index (κ2) is 9.66. The Labute approximate surface area is 211 Å². The van der Waals surface area contributed by atoms with Crippen LogP contribution in [0.4, 0.5) is 15.9 Å². The molecule has 1 fully saturated rings. The molecule has 1 aliphatic rings. The zero-order valence-electron chi connectivity index (χ0n) is 18.8. The first-order valence-electron chi connectivity index (χ1n) is 10.6. The van der Waals surface area contributed by atoms with Crippen LogP contribution in [-0.2, 0) is 6.61 Å². The number of nitrogen functional groups attached to an aromatic ring is 1. The molecule has 180 valence electrons. The summed E-state index contributed by atoms with van der Waals surface area (Å²) in [6.07, 6.45) is 4.32. The second-order valence-corrected chi connectivity index (χ2v) is 9.51. The first kappa shape index (κ1) is 24.7. The van der Waals surface area contributed by atoms with E-state index in [0.29, 0.717) is 42.1 Å². The molecule has 3 aromatic rings. The number of pyridine rings is 2. The van der Waals surface area contributed by atoms with Crippen molar-refractivity contribution >= 4 is 40.4 Å². The van der Waals surface area contributed by atoms with E-state index < -0.39 is 5.82 Å². The van der Waals surface area contributed by atoms with Gasteiger partial charge < -0.3 is 21.1 Å². The Balaban J connectivity index is 1.59. The number of rotatable bonds is 7. The number of hydrogen-bond acceptors (Lipinski definition) is 8. The predicted octanol–water partition coefficient (Wildman–Crippen LogP) is 4.16. The highest BCUT2D eigenvalue weighted by Crippen LogP contribution is 2.34. The van der Waals surface area contributed by atoms with Crippen LogP contribution in [0.3, 0.4) is 0 Å². The van der Waals surface area contributed by atoms with Crippen molar-refractivity contribution in [2.45, 2.75) is 13.5 Å². The minimum atomic E-state index is -0.702. The standard InChI is InChI=1S/C24H22Cl2FN7O/c1-24(10-29)11-34(12-24)23-13(5-28)2-14(6-33-23)22(31)15-3-21(19(27)4-20(15)30)35-9-16-17(25)7-32-8-18(16)26/h2-4,6-8,31H,9-12,29-30H2,1H3. The molecule has 4 rings (SSSR count). The van der Waals surface area contributed by atoms with Crippen LogP contribution in [0.15, 0.2) is 36.8 Å². The van der Waals surface area contributed by atoms with Gasteiger partial charge in [0, 0.05) is 72.1 Å². The topological polar surface area (TPSA) is 138 Å². The van der Waals surface area contributed by atoms with Gasteiger partial charge in [-0.2, -0.15) is 5.26 Å². The molecule has 35 heavy (non-hydrogen) atoms. The molecule has 1 saturated heterocycles. The number of nitrogens with zero attached hydrogens (tertiary/aromatic N) is 4. The van der Waals surface area contributed by atoms with E-state index in [-0.39, 0.29) is 44.8 Å². The summed E-state index contributed by atoms with van der Waals surface area (Å²) in [6, 6.07) is 6.13. The van der Waals surface area contributed by atoms with Gasteiger partial charge in [-0.05, 0) is 12.1 Å². The van der Waals surface area contributed by atoms with Crippen molar-refractivity contribution in [2.24, 2.45) is 11.1 Å². The number of nitrogens with two attached hydrogens (primary N) is 2. The normalized spacial score (nSPS) is 14.2. The second-order valence-electron chi connectivity index (χ2n) is 8.69. The molecule has 0 aliphatic carbocycles. The highest BCUT2D eigenvalue weighted by atomic mass is 35.5. The van der Waals surface area contributed by atoms with Crippen LogP contribution in [0.25, 0.3) is 0 Å². The summed E-state index contributed by atoms with van der Waals surface area (Å²) in [5.74, 6) is -0.293. The Hall–Kier alpha value is -3.45. The van der Waals surface area contributed by atoms with Crippen LogP contribution < -0.4 is 21.1 Å². The summed E-state index contributed by atoms with van der Waals surface area (Å²) in [5.41, 5.74) is 13.2. The summed E-state index contributed by atoms with van der Waals surface area (Å²) < 4.78 is 20.2. The molecule has 0 spiro atoms.